The van der Waals surface area contributed by atoms with Gasteiger partial charge in [-0.1, -0.05) is 0 Å². The molecule has 0 aliphatic rings. The van der Waals surface area contributed by atoms with Crippen molar-refractivity contribution in [3.63, 3.8) is 0 Å². The van der Waals surface area contributed by atoms with Gasteiger partial charge in [-0.3, -0.25) is 10.1 Å². The third kappa shape index (κ3) is 2.51. The predicted octanol–water partition coefficient (Wildman–Crippen LogP) is 1.37. The number of benzene rings is 1. The van der Waals surface area contributed by atoms with Crippen LogP contribution in [0.15, 0.2) is 22.6 Å². The van der Waals surface area contributed by atoms with Crippen molar-refractivity contribution >= 4 is 22.8 Å². The van der Waals surface area contributed by atoms with E-state index in [9.17, 15) is 10.1 Å². The van der Waals surface area contributed by atoms with Crippen molar-refractivity contribution in [2.75, 3.05) is 25.5 Å². The SMILES string of the molecule is CNCCNc1nc2cc([N+](=O)[O-])ccc2o1. The highest BCUT2D eigenvalue weighted by Gasteiger charge is 2.10. The van der Waals surface area contributed by atoms with E-state index in [-0.39, 0.29) is 5.69 Å². The summed E-state index contributed by atoms with van der Waals surface area (Å²) < 4.78 is 5.38. The Kier molecular flexibility index (Phi) is 3.20. The van der Waals surface area contributed by atoms with Crippen LogP contribution in [0.4, 0.5) is 11.7 Å². The smallest absolute Gasteiger partial charge is 0.295 e. The molecule has 0 saturated heterocycles. The first-order valence-electron chi connectivity index (χ1n) is 5.14. The van der Waals surface area contributed by atoms with E-state index >= 15 is 0 Å². The topological polar surface area (TPSA) is 93.2 Å². The van der Waals surface area contributed by atoms with Crippen LogP contribution >= 0.6 is 0 Å². The number of nitro benzene ring substituents is 1. The summed E-state index contributed by atoms with van der Waals surface area (Å²) in [4.78, 5) is 14.2. The average molecular weight is 236 g/mol. The Morgan fingerprint density at radius 3 is 3.00 bits per heavy atom. The summed E-state index contributed by atoms with van der Waals surface area (Å²) in [7, 11) is 1.84. The molecule has 2 aromatic rings. The van der Waals surface area contributed by atoms with Crippen molar-refractivity contribution in [3.8, 4) is 0 Å². The van der Waals surface area contributed by atoms with Crippen LogP contribution in [0.1, 0.15) is 0 Å². The highest BCUT2D eigenvalue weighted by atomic mass is 16.6. The molecule has 0 bridgehead atoms. The van der Waals surface area contributed by atoms with Gasteiger partial charge >= 0.3 is 0 Å². The van der Waals surface area contributed by atoms with Gasteiger partial charge in [0, 0.05) is 25.2 Å². The molecule has 0 atom stereocenters. The third-order valence-corrected chi connectivity index (χ3v) is 2.23. The van der Waals surface area contributed by atoms with Crippen molar-refractivity contribution in [3.05, 3.63) is 28.3 Å². The van der Waals surface area contributed by atoms with Gasteiger partial charge in [0.2, 0.25) is 0 Å². The fraction of sp³-hybridized carbons (Fsp3) is 0.300. The standard InChI is InChI=1S/C10H12N4O3/c1-11-4-5-12-10-13-8-6-7(14(15)16)2-3-9(8)17-10/h2-3,6,11H,4-5H2,1H3,(H,12,13). The highest BCUT2D eigenvalue weighted by molar-refractivity contribution is 5.77. The largest absolute Gasteiger partial charge is 0.424 e. The molecule has 0 saturated carbocycles. The minimum atomic E-state index is -0.456. The lowest BCUT2D eigenvalue weighted by molar-refractivity contribution is -0.384. The lowest BCUT2D eigenvalue weighted by Crippen LogP contribution is -2.17. The van der Waals surface area contributed by atoms with Gasteiger partial charge in [0.25, 0.3) is 11.7 Å². The Balaban J connectivity index is 2.21. The fourth-order valence-electron chi connectivity index (χ4n) is 1.40. The van der Waals surface area contributed by atoms with E-state index in [0.29, 0.717) is 23.7 Å². The number of nitro groups is 1. The molecule has 17 heavy (non-hydrogen) atoms. The molecule has 0 fully saturated rings. The van der Waals surface area contributed by atoms with Gasteiger partial charge in [-0.15, -0.1) is 0 Å². The number of aromatic nitrogens is 1. The number of non-ortho nitro benzene ring substituents is 1. The first-order valence-corrected chi connectivity index (χ1v) is 5.14. The van der Waals surface area contributed by atoms with E-state index in [0.717, 1.165) is 6.54 Å². The lowest BCUT2D eigenvalue weighted by Gasteiger charge is -1.98. The molecule has 1 aromatic carbocycles. The van der Waals surface area contributed by atoms with E-state index in [1.807, 2.05) is 7.05 Å². The first kappa shape index (κ1) is 11.3. The number of nitrogens with zero attached hydrogens (tertiary/aromatic N) is 2. The van der Waals surface area contributed by atoms with Gasteiger partial charge in [-0.2, -0.15) is 4.98 Å². The fourth-order valence-corrected chi connectivity index (χ4v) is 1.40. The molecule has 90 valence electrons. The molecule has 2 rings (SSSR count). The highest BCUT2D eigenvalue weighted by Crippen LogP contribution is 2.23. The number of fused-ring (bicyclic) bond motifs is 1. The van der Waals surface area contributed by atoms with Crippen LogP contribution in [-0.2, 0) is 0 Å². The summed E-state index contributed by atoms with van der Waals surface area (Å²) >= 11 is 0. The van der Waals surface area contributed by atoms with E-state index in [2.05, 4.69) is 15.6 Å². The molecule has 0 unspecified atom stereocenters. The van der Waals surface area contributed by atoms with Gasteiger partial charge in [-0.25, -0.2) is 0 Å². The Labute approximate surface area is 97.0 Å². The normalized spacial score (nSPS) is 10.6. The molecule has 7 heteroatoms. The zero-order chi connectivity index (χ0) is 12.3. The molecule has 0 spiro atoms. The van der Waals surface area contributed by atoms with Crippen LogP contribution in [0.2, 0.25) is 0 Å². The summed E-state index contributed by atoms with van der Waals surface area (Å²) in [5.41, 5.74) is 1.02. The number of likely N-dealkylation sites (N-methyl/N-ethyl adjacent to an activating group) is 1. The second-order valence-corrected chi connectivity index (χ2v) is 3.46. The second kappa shape index (κ2) is 4.79. The van der Waals surface area contributed by atoms with Gasteiger partial charge in [0.1, 0.15) is 5.52 Å². The van der Waals surface area contributed by atoms with Crippen LogP contribution in [0.5, 0.6) is 0 Å². The number of rotatable bonds is 5. The summed E-state index contributed by atoms with van der Waals surface area (Å²) in [6.45, 7) is 1.45. The van der Waals surface area contributed by atoms with Crippen molar-refractivity contribution in [1.82, 2.24) is 10.3 Å². The minimum absolute atomic E-state index is 0.00701. The summed E-state index contributed by atoms with van der Waals surface area (Å²) in [5.74, 6) is 0. The maximum absolute atomic E-state index is 10.6. The van der Waals surface area contributed by atoms with Crippen LogP contribution in [0, 0.1) is 10.1 Å². The zero-order valence-electron chi connectivity index (χ0n) is 9.27. The average Bonchev–Trinajstić information content (AvgIpc) is 2.70. The number of hydrogen-bond acceptors (Lipinski definition) is 6. The Morgan fingerprint density at radius 2 is 2.29 bits per heavy atom. The van der Waals surface area contributed by atoms with E-state index < -0.39 is 4.92 Å². The molecule has 0 radical (unpaired) electrons. The van der Waals surface area contributed by atoms with Crippen molar-refractivity contribution < 1.29 is 9.34 Å². The van der Waals surface area contributed by atoms with Crippen LogP contribution in [0.25, 0.3) is 11.1 Å². The summed E-state index contributed by atoms with van der Waals surface area (Å²) in [6.07, 6.45) is 0. The maximum Gasteiger partial charge on any atom is 0.295 e. The van der Waals surface area contributed by atoms with Gasteiger partial charge in [-0.05, 0) is 13.1 Å². The van der Waals surface area contributed by atoms with E-state index in [4.69, 9.17) is 4.42 Å². The van der Waals surface area contributed by atoms with Crippen LogP contribution in [-0.4, -0.2) is 30.0 Å². The first-order chi connectivity index (χ1) is 8.20. The van der Waals surface area contributed by atoms with Crippen molar-refractivity contribution in [1.29, 1.82) is 0 Å². The predicted molar refractivity (Wildman–Crippen MR) is 63.1 cm³/mol. The molecule has 1 heterocycles. The molecule has 0 amide bonds. The van der Waals surface area contributed by atoms with E-state index in [1.54, 1.807) is 6.07 Å². The number of nitrogens with one attached hydrogen (secondary N) is 2. The molecular formula is C10H12N4O3. The Hall–Kier alpha value is -2.15. The van der Waals surface area contributed by atoms with Crippen LogP contribution < -0.4 is 10.6 Å². The van der Waals surface area contributed by atoms with E-state index in [1.165, 1.54) is 12.1 Å². The van der Waals surface area contributed by atoms with Crippen molar-refractivity contribution in [2.24, 2.45) is 0 Å². The molecule has 1 aromatic heterocycles. The summed E-state index contributed by atoms with van der Waals surface area (Å²) in [5, 5.41) is 16.5. The molecule has 7 nitrogen and oxygen atoms in total. The molecular weight excluding hydrogens is 224 g/mol. The number of anilines is 1. The molecule has 2 N–H and O–H groups in total. The summed E-state index contributed by atoms with van der Waals surface area (Å²) in [6, 6.07) is 4.70. The van der Waals surface area contributed by atoms with Gasteiger partial charge in [0.15, 0.2) is 5.58 Å². The minimum Gasteiger partial charge on any atom is -0.424 e. The lowest BCUT2D eigenvalue weighted by atomic mass is 10.3. The zero-order valence-corrected chi connectivity index (χ0v) is 9.27. The monoisotopic (exact) mass is 236 g/mol. The second-order valence-electron chi connectivity index (χ2n) is 3.46. The maximum atomic E-state index is 10.6. The quantitative estimate of drug-likeness (QED) is 0.462. The van der Waals surface area contributed by atoms with Crippen molar-refractivity contribution in [2.45, 2.75) is 0 Å². The van der Waals surface area contributed by atoms with Gasteiger partial charge in [0.05, 0.1) is 4.92 Å². The Bertz CT molecular complexity index is 537. The van der Waals surface area contributed by atoms with Crippen LogP contribution in [0.3, 0.4) is 0 Å². The molecule has 0 aliphatic carbocycles. The third-order valence-electron chi connectivity index (χ3n) is 2.23. The molecule has 0 aliphatic heterocycles. The number of hydrogen-bond donors (Lipinski definition) is 2. The number of oxazole rings is 1. The van der Waals surface area contributed by atoms with Gasteiger partial charge < -0.3 is 15.1 Å². The Morgan fingerprint density at radius 1 is 1.47 bits per heavy atom.